The van der Waals surface area contributed by atoms with Crippen LogP contribution in [-0.4, -0.2) is 72.4 Å². The van der Waals surface area contributed by atoms with Gasteiger partial charge in [-0.2, -0.15) is 0 Å². The summed E-state index contributed by atoms with van der Waals surface area (Å²) >= 11 is 0. The number of aliphatic hydroxyl groups is 3. The number of hydrogen-bond donors (Lipinski definition) is 3. The van der Waals surface area contributed by atoms with Gasteiger partial charge in [0, 0.05) is 26.2 Å². The lowest BCUT2D eigenvalue weighted by atomic mass is 9.40. The fraction of sp³-hybridized carbons (Fsp3) is 1.00. The highest BCUT2D eigenvalue weighted by Crippen LogP contribution is 2.67. The maximum atomic E-state index is 10.1. The van der Waals surface area contributed by atoms with Gasteiger partial charge in [0.25, 0.3) is 0 Å². The molecule has 3 unspecified atom stereocenters. The summed E-state index contributed by atoms with van der Waals surface area (Å²) in [4.78, 5) is 1.86. The third kappa shape index (κ3) is 4.13. The first-order valence-corrected chi connectivity index (χ1v) is 9.74. The Hall–Kier alpha value is -0.200. The molecule has 0 aliphatic heterocycles. The quantitative estimate of drug-likeness (QED) is 0.491. The van der Waals surface area contributed by atoms with Gasteiger partial charge in [0.15, 0.2) is 0 Å². The van der Waals surface area contributed by atoms with E-state index in [0.29, 0.717) is 31.7 Å². The van der Waals surface area contributed by atoms with Crippen molar-refractivity contribution < 1.29 is 20.1 Å². The van der Waals surface area contributed by atoms with Crippen LogP contribution in [0.15, 0.2) is 0 Å². The molecule has 3 aliphatic rings. The van der Waals surface area contributed by atoms with E-state index in [-0.39, 0.29) is 13.2 Å². The molecule has 140 valence electrons. The van der Waals surface area contributed by atoms with Gasteiger partial charge in [-0.25, -0.2) is 0 Å². The summed E-state index contributed by atoms with van der Waals surface area (Å²) in [6, 6.07) is 0. The number of nitrogens with zero attached hydrogens (tertiary/aromatic N) is 1. The summed E-state index contributed by atoms with van der Waals surface area (Å²) in [5.74, 6) is 4.13. The molecule has 3 N–H and O–H groups in total. The maximum Gasteiger partial charge on any atom is 0.0900 e. The molecule has 0 aromatic rings. The van der Waals surface area contributed by atoms with Crippen molar-refractivity contribution in [1.29, 1.82) is 0 Å². The van der Waals surface area contributed by atoms with E-state index < -0.39 is 6.10 Å². The third-order valence-corrected chi connectivity index (χ3v) is 6.82. The zero-order chi connectivity index (χ0) is 17.2. The Kier molecular flexibility index (Phi) is 6.20. The summed E-state index contributed by atoms with van der Waals surface area (Å²) in [5, 5.41) is 28.1. The van der Waals surface area contributed by atoms with Gasteiger partial charge in [-0.1, -0.05) is 6.92 Å². The second-order valence-corrected chi connectivity index (χ2v) is 8.77. The highest BCUT2D eigenvalue weighted by molar-refractivity contribution is 5.08. The molecule has 3 rings (SSSR count). The smallest absolute Gasteiger partial charge is 0.0900 e. The van der Waals surface area contributed by atoms with Crippen LogP contribution in [0.3, 0.4) is 0 Å². The minimum Gasteiger partial charge on any atom is -0.395 e. The van der Waals surface area contributed by atoms with Crippen molar-refractivity contribution in [3.05, 3.63) is 0 Å². The van der Waals surface area contributed by atoms with E-state index in [1.54, 1.807) is 0 Å². The van der Waals surface area contributed by atoms with Crippen LogP contribution in [0, 0.1) is 29.1 Å². The van der Waals surface area contributed by atoms with E-state index in [1.165, 1.54) is 25.7 Å². The molecule has 0 radical (unpaired) electrons. The van der Waals surface area contributed by atoms with E-state index in [2.05, 4.69) is 6.92 Å². The molecule has 3 aliphatic carbocycles. The molecular weight excluding hydrogens is 306 g/mol. The van der Waals surface area contributed by atoms with Crippen molar-refractivity contribution in [1.82, 2.24) is 4.90 Å². The summed E-state index contributed by atoms with van der Waals surface area (Å²) < 4.78 is 5.75. The Morgan fingerprint density at radius 3 is 2.25 bits per heavy atom. The van der Waals surface area contributed by atoms with Crippen LogP contribution >= 0.6 is 0 Å². The molecule has 3 saturated carbocycles. The number of hydrogen-bond acceptors (Lipinski definition) is 5. The minimum atomic E-state index is -0.564. The largest absolute Gasteiger partial charge is 0.395 e. The van der Waals surface area contributed by atoms with Crippen LogP contribution in [0.25, 0.3) is 0 Å². The van der Waals surface area contributed by atoms with Crippen molar-refractivity contribution >= 4 is 0 Å². The van der Waals surface area contributed by atoms with Gasteiger partial charge in [0.2, 0.25) is 0 Å². The molecule has 3 fully saturated rings. The molecule has 0 spiro atoms. The Balaban J connectivity index is 1.31. The van der Waals surface area contributed by atoms with Gasteiger partial charge in [-0.05, 0) is 61.2 Å². The monoisotopic (exact) mass is 341 g/mol. The van der Waals surface area contributed by atoms with Gasteiger partial charge < -0.3 is 20.1 Å². The molecule has 0 aromatic carbocycles. The molecule has 0 heterocycles. The maximum absolute atomic E-state index is 10.1. The van der Waals surface area contributed by atoms with Gasteiger partial charge in [0.05, 0.1) is 25.9 Å². The molecular formula is C19H35NO4. The van der Waals surface area contributed by atoms with Crippen LogP contribution in [0.2, 0.25) is 0 Å². The summed E-state index contributed by atoms with van der Waals surface area (Å²) in [5.41, 5.74) is 0.433. The number of ether oxygens (including phenoxy) is 1. The van der Waals surface area contributed by atoms with Crippen molar-refractivity contribution in [2.24, 2.45) is 29.1 Å². The van der Waals surface area contributed by atoms with Crippen LogP contribution in [0.4, 0.5) is 0 Å². The fourth-order valence-corrected chi connectivity index (χ4v) is 5.72. The molecule has 0 aromatic heterocycles. The Morgan fingerprint density at radius 1 is 1.08 bits per heavy atom. The van der Waals surface area contributed by atoms with Crippen molar-refractivity contribution in [3.8, 4) is 0 Å². The van der Waals surface area contributed by atoms with Gasteiger partial charge in [-0.3, -0.25) is 4.90 Å². The Morgan fingerprint density at radius 2 is 1.71 bits per heavy atom. The zero-order valence-corrected chi connectivity index (χ0v) is 15.1. The van der Waals surface area contributed by atoms with Crippen molar-refractivity contribution in [2.75, 3.05) is 46.1 Å². The molecule has 0 bridgehead atoms. The van der Waals surface area contributed by atoms with Crippen LogP contribution in [0.1, 0.15) is 39.0 Å². The highest BCUT2D eigenvalue weighted by Gasteiger charge is 2.58. The molecule has 5 nitrogen and oxygen atoms in total. The Labute approximate surface area is 146 Å². The average Bonchev–Trinajstić information content (AvgIpc) is 2.48. The topological polar surface area (TPSA) is 73.2 Å². The van der Waals surface area contributed by atoms with Crippen LogP contribution in [-0.2, 0) is 4.74 Å². The Bertz CT molecular complexity index is 383. The molecule has 24 heavy (non-hydrogen) atoms. The van der Waals surface area contributed by atoms with Gasteiger partial charge in [-0.15, -0.1) is 0 Å². The van der Waals surface area contributed by atoms with E-state index in [4.69, 9.17) is 14.9 Å². The third-order valence-electron chi connectivity index (χ3n) is 6.82. The van der Waals surface area contributed by atoms with E-state index in [9.17, 15) is 5.11 Å². The predicted molar refractivity (Wildman–Crippen MR) is 92.6 cm³/mol. The number of rotatable bonds is 11. The second kappa shape index (κ2) is 8.00. The molecule has 5 heteroatoms. The first-order chi connectivity index (χ1) is 11.5. The molecule has 0 amide bonds. The van der Waals surface area contributed by atoms with Crippen LogP contribution < -0.4 is 0 Å². The highest BCUT2D eigenvalue weighted by atomic mass is 16.5. The summed E-state index contributed by atoms with van der Waals surface area (Å²) in [6.07, 6.45) is 6.23. The first kappa shape index (κ1) is 18.6. The zero-order valence-electron chi connectivity index (χ0n) is 15.1. The van der Waals surface area contributed by atoms with Crippen LogP contribution in [0.5, 0.6) is 0 Å². The van der Waals surface area contributed by atoms with Crippen molar-refractivity contribution in [3.63, 3.8) is 0 Å². The first-order valence-electron chi connectivity index (χ1n) is 9.74. The molecule has 0 saturated heterocycles. The number of aliphatic hydroxyl groups excluding tert-OH is 3. The lowest BCUT2D eigenvalue weighted by Crippen LogP contribution is -2.57. The SMILES string of the molecule is CC1(CCOCC(O)CN(CCO)CCO)CC2CC3CC(C1)C32. The predicted octanol–water partition coefficient (Wildman–Crippen LogP) is 1.11. The van der Waals surface area contributed by atoms with E-state index in [1.807, 2.05) is 4.90 Å². The summed E-state index contributed by atoms with van der Waals surface area (Å²) in [7, 11) is 0. The fourth-order valence-electron chi connectivity index (χ4n) is 5.72. The van der Waals surface area contributed by atoms with E-state index >= 15 is 0 Å². The van der Waals surface area contributed by atoms with Gasteiger partial charge >= 0.3 is 0 Å². The van der Waals surface area contributed by atoms with Gasteiger partial charge in [0.1, 0.15) is 0 Å². The molecule has 3 atom stereocenters. The second-order valence-electron chi connectivity index (χ2n) is 8.77. The summed E-state index contributed by atoms with van der Waals surface area (Å²) in [6.45, 7) is 4.94. The lowest BCUT2D eigenvalue weighted by Gasteiger charge is -2.65. The minimum absolute atomic E-state index is 0.0378. The normalized spacial score (nSPS) is 38.4. The average molecular weight is 341 g/mol. The standard InChI is InChI=1S/C19H35NO4/c1-19(10-15-8-14-9-16(11-19)18(14)15)2-7-24-13-17(23)12-20(3-5-21)4-6-22/h14-18,21-23H,2-13H2,1H3. The van der Waals surface area contributed by atoms with Crippen molar-refractivity contribution in [2.45, 2.75) is 45.1 Å². The van der Waals surface area contributed by atoms with E-state index in [0.717, 1.165) is 36.7 Å². The lowest BCUT2D eigenvalue weighted by molar-refractivity contribution is -0.162.